The van der Waals surface area contributed by atoms with Crippen molar-refractivity contribution >= 4 is 22.0 Å². The van der Waals surface area contributed by atoms with Crippen LogP contribution in [0.5, 0.6) is 0 Å². The molecule has 0 atom stereocenters. The monoisotopic (exact) mass is 393 g/mol. The summed E-state index contributed by atoms with van der Waals surface area (Å²) in [4.78, 5) is 12.7. The van der Waals surface area contributed by atoms with E-state index in [2.05, 4.69) is 72.8 Å². The molecule has 3 aromatic rings. The topological polar surface area (TPSA) is 22.0 Å². The fraction of sp³-hybridized carbons (Fsp3) is 0.250. The number of aromatic nitrogens is 1. The molecule has 1 aromatic heterocycles. The second-order valence-corrected chi connectivity index (χ2v) is 8.27. The average Bonchev–Trinajstić information content (AvgIpc) is 3.59. The van der Waals surface area contributed by atoms with Crippen LogP contribution in [-0.4, -0.2) is 4.57 Å². The van der Waals surface area contributed by atoms with Gasteiger partial charge in [-0.1, -0.05) is 60.7 Å². The minimum Gasteiger partial charge on any atom is -0.309 e. The summed E-state index contributed by atoms with van der Waals surface area (Å²) >= 11 is 0. The predicted octanol–water partition coefficient (Wildman–Crippen LogP) is 6.72. The van der Waals surface area contributed by atoms with E-state index in [0.29, 0.717) is 12.5 Å². The zero-order valence-electron chi connectivity index (χ0n) is 17.5. The Kier molecular flexibility index (Phi) is 5.00. The van der Waals surface area contributed by atoms with Crippen molar-refractivity contribution in [3.8, 4) is 0 Å². The average molecular weight is 394 g/mol. The highest BCUT2D eigenvalue weighted by Crippen LogP contribution is 2.43. The lowest BCUT2D eigenvalue weighted by atomic mass is 9.89. The van der Waals surface area contributed by atoms with E-state index in [4.69, 9.17) is 0 Å². The first-order valence-corrected chi connectivity index (χ1v) is 11.1. The number of hydrogen-bond donors (Lipinski definition) is 0. The first-order chi connectivity index (χ1) is 14.8. The Morgan fingerprint density at radius 3 is 2.57 bits per heavy atom. The third-order valence-electron chi connectivity index (χ3n) is 6.31. The van der Waals surface area contributed by atoms with Crippen LogP contribution in [0.2, 0.25) is 0 Å². The molecule has 2 aliphatic carbocycles. The van der Waals surface area contributed by atoms with Gasteiger partial charge in [-0.3, -0.25) is 4.79 Å². The highest BCUT2D eigenvalue weighted by Gasteiger charge is 2.27. The predicted molar refractivity (Wildman–Crippen MR) is 127 cm³/mol. The van der Waals surface area contributed by atoms with Gasteiger partial charge in [0.25, 0.3) is 5.56 Å². The summed E-state index contributed by atoms with van der Waals surface area (Å²) in [5.74, 6) is 0.542. The Balaban J connectivity index is 1.76. The zero-order chi connectivity index (χ0) is 20.5. The van der Waals surface area contributed by atoms with Gasteiger partial charge in [0.2, 0.25) is 0 Å². The maximum absolute atomic E-state index is 12.7. The molecule has 0 unspecified atom stereocenters. The molecule has 30 heavy (non-hydrogen) atoms. The lowest BCUT2D eigenvalue weighted by Gasteiger charge is -2.17. The number of allylic oxidation sites excluding steroid dienone is 6. The molecule has 0 aliphatic heterocycles. The summed E-state index contributed by atoms with van der Waals surface area (Å²) in [6, 6.07) is 19.3. The standard InChI is InChI=1S/C28H27NO/c1-2-29-27-17-16-22(18-26(27)25(19-28(29)30)21-14-15-21)24-13-9-4-3-8-12-23(24)20-10-6-5-7-11-20/h3-7,9-11,13,16-19,21H,2,8,12,14-15H2,1H3/b4-3+,13-9-,24-23-. The lowest BCUT2D eigenvalue weighted by Crippen LogP contribution is -2.19. The molecule has 0 bridgehead atoms. The Labute approximate surface area is 177 Å². The fourth-order valence-electron chi connectivity index (χ4n) is 4.63. The van der Waals surface area contributed by atoms with Crippen molar-refractivity contribution in [3.63, 3.8) is 0 Å². The van der Waals surface area contributed by atoms with Gasteiger partial charge in [0.05, 0.1) is 5.52 Å². The van der Waals surface area contributed by atoms with E-state index in [-0.39, 0.29) is 5.56 Å². The van der Waals surface area contributed by atoms with Crippen LogP contribution >= 0.6 is 0 Å². The quantitative estimate of drug-likeness (QED) is 0.482. The molecule has 1 fully saturated rings. The van der Waals surface area contributed by atoms with Crippen LogP contribution in [-0.2, 0) is 6.54 Å². The molecule has 2 aromatic carbocycles. The van der Waals surface area contributed by atoms with Crippen LogP contribution in [0.3, 0.4) is 0 Å². The Hall–Kier alpha value is -3.13. The molecule has 150 valence electrons. The smallest absolute Gasteiger partial charge is 0.251 e. The minimum absolute atomic E-state index is 0.125. The Bertz CT molecular complexity index is 1240. The molecule has 0 spiro atoms. The zero-order valence-corrected chi connectivity index (χ0v) is 17.5. The van der Waals surface area contributed by atoms with Gasteiger partial charge in [0.1, 0.15) is 0 Å². The highest BCUT2D eigenvalue weighted by atomic mass is 16.1. The number of rotatable bonds is 4. The maximum atomic E-state index is 12.7. The Morgan fingerprint density at radius 2 is 1.80 bits per heavy atom. The van der Waals surface area contributed by atoms with E-state index in [1.165, 1.54) is 46.1 Å². The minimum atomic E-state index is 0.125. The molecule has 0 N–H and O–H groups in total. The number of pyridine rings is 1. The molecule has 0 saturated heterocycles. The van der Waals surface area contributed by atoms with E-state index in [0.717, 1.165) is 18.4 Å². The maximum Gasteiger partial charge on any atom is 0.251 e. The van der Waals surface area contributed by atoms with Crippen LogP contribution in [0.4, 0.5) is 0 Å². The molecule has 1 heterocycles. The summed E-state index contributed by atoms with van der Waals surface area (Å²) in [6.07, 6.45) is 13.2. The van der Waals surface area contributed by atoms with E-state index in [9.17, 15) is 4.79 Å². The summed E-state index contributed by atoms with van der Waals surface area (Å²) in [6.45, 7) is 2.74. The molecular weight excluding hydrogens is 366 g/mol. The van der Waals surface area contributed by atoms with Gasteiger partial charge in [-0.15, -0.1) is 0 Å². The second kappa shape index (κ2) is 7.95. The third-order valence-corrected chi connectivity index (χ3v) is 6.31. The van der Waals surface area contributed by atoms with Crippen LogP contribution in [0.15, 0.2) is 83.7 Å². The molecule has 0 amide bonds. The summed E-state index contributed by atoms with van der Waals surface area (Å²) < 4.78 is 1.90. The van der Waals surface area contributed by atoms with Crippen molar-refractivity contribution in [1.29, 1.82) is 0 Å². The number of aryl methyl sites for hydroxylation is 1. The molecule has 2 nitrogen and oxygen atoms in total. The van der Waals surface area contributed by atoms with Gasteiger partial charge in [0.15, 0.2) is 0 Å². The summed E-state index contributed by atoms with van der Waals surface area (Å²) in [5, 5.41) is 1.24. The summed E-state index contributed by atoms with van der Waals surface area (Å²) in [7, 11) is 0. The number of benzene rings is 2. The van der Waals surface area contributed by atoms with Crippen LogP contribution in [0.1, 0.15) is 55.2 Å². The second-order valence-electron chi connectivity index (χ2n) is 8.27. The fourth-order valence-corrected chi connectivity index (χ4v) is 4.63. The van der Waals surface area contributed by atoms with E-state index >= 15 is 0 Å². The molecule has 5 rings (SSSR count). The van der Waals surface area contributed by atoms with E-state index in [1.54, 1.807) is 0 Å². The number of hydrogen-bond acceptors (Lipinski definition) is 1. The van der Waals surface area contributed by atoms with Gasteiger partial charge < -0.3 is 4.57 Å². The first kappa shape index (κ1) is 18.9. The molecule has 2 heteroatoms. The van der Waals surface area contributed by atoms with Crippen molar-refractivity contribution in [3.05, 3.63) is 106 Å². The van der Waals surface area contributed by atoms with Crippen LogP contribution < -0.4 is 5.56 Å². The van der Waals surface area contributed by atoms with Gasteiger partial charge in [0, 0.05) is 18.0 Å². The SMILES string of the molecule is CCn1c(=O)cc(C2CC2)c2cc(C3=C(\c4ccccc4)CC/C=C/C=C\3)ccc21. The van der Waals surface area contributed by atoms with Crippen molar-refractivity contribution in [2.24, 2.45) is 0 Å². The third kappa shape index (κ3) is 3.47. The van der Waals surface area contributed by atoms with Crippen LogP contribution in [0, 0.1) is 0 Å². The van der Waals surface area contributed by atoms with Gasteiger partial charge in [-0.05, 0) is 78.5 Å². The van der Waals surface area contributed by atoms with Gasteiger partial charge in [-0.2, -0.15) is 0 Å². The largest absolute Gasteiger partial charge is 0.309 e. The number of nitrogens with zero attached hydrogens (tertiary/aromatic N) is 1. The normalized spacial score (nSPS) is 21.2. The van der Waals surface area contributed by atoms with Crippen molar-refractivity contribution in [2.45, 2.75) is 45.1 Å². The van der Waals surface area contributed by atoms with E-state index in [1.807, 2.05) is 17.6 Å². The molecule has 2 aliphatic rings. The Morgan fingerprint density at radius 1 is 0.967 bits per heavy atom. The lowest BCUT2D eigenvalue weighted by molar-refractivity contribution is 0.757. The molecule has 1 saturated carbocycles. The highest BCUT2D eigenvalue weighted by molar-refractivity contribution is 5.98. The summed E-state index contributed by atoms with van der Waals surface area (Å²) in [5.41, 5.74) is 7.60. The molecule has 0 radical (unpaired) electrons. The van der Waals surface area contributed by atoms with E-state index < -0.39 is 0 Å². The van der Waals surface area contributed by atoms with Gasteiger partial charge >= 0.3 is 0 Å². The first-order valence-electron chi connectivity index (χ1n) is 11.1. The van der Waals surface area contributed by atoms with Crippen molar-refractivity contribution in [1.82, 2.24) is 4.57 Å². The van der Waals surface area contributed by atoms with Gasteiger partial charge in [-0.25, -0.2) is 0 Å². The molecular formula is C28H27NO. The van der Waals surface area contributed by atoms with Crippen molar-refractivity contribution in [2.75, 3.05) is 0 Å². The van der Waals surface area contributed by atoms with Crippen LogP contribution in [0.25, 0.3) is 22.0 Å². The number of fused-ring (bicyclic) bond motifs is 1. The van der Waals surface area contributed by atoms with Crippen molar-refractivity contribution < 1.29 is 0 Å².